The maximum atomic E-state index is 12.3. The van der Waals surface area contributed by atoms with Crippen LogP contribution < -0.4 is 10.6 Å². The van der Waals surface area contributed by atoms with E-state index in [-0.39, 0.29) is 5.91 Å². The molecule has 1 aliphatic rings. The number of nitrogens with one attached hydrogen (secondary N) is 2. The van der Waals surface area contributed by atoms with Gasteiger partial charge in [-0.1, -0.05) is 11.6 Å². The molecular formula is C18H21ClN4O2. The second-order valence-corrected chi connectivity index (χ2v) is 6.21. The third kappa shape index (κ3) is 5.42. The molecule has 25 heavy (non-hydrogen) atoms. The van der Waals surface area contributed by atoms with Crippen LogP contribution in [0.3, 0.4) is 0 Å². The topological polar surface area (TPSA) is 66.5 Å². The van der Waals surface area contributed by atoms with Gasteiger partial charge in [-0.2, -0.15) is 0 Å². The summed E-state index contributed by atoms with van der Waals surface area (Å²) >= 11 is 5.85. The quantitative estimate of drug-likeness (QED) is 0.829. The van der Waals surface area contributed by atoms with Crippen molar-refractivity contribution in [3.8, 4) is 0 Å². The number of pyridine rings is 1. The predicted molar refractivity (Wildman–Crippen MR) is 99.4 cm³/mol. The molecule has 1 saturated heterocycles. The molecule has 6 nitrogen and oxygen atoms in total. The van der Waals surface area contributed by atoms with Crippen LogP contribution in [-0.4, -0.2) is 55.2 Å². The van der Waals surface area contributed by atoms with Gasteiger partial charge in [0.25, 0.3) is 5.91 Å². The van der Waals surface area contributed by atoms with Crippen molar-refractivity contribution in [2.45, 2.75) is 0 Å². The monoisotopic (exact) mass is 360 g/mol. The number of morpholine rings is 1. The van der Waals surface area contributed by atoms with E-state index >= 15 is 0 Å². The van der Waals surface area contributed by atoms with Gasteiger partial charge in [0.2, 0.25) is 0 Å². The van der Waals surface area contributed by atoms with Crippen molar-refractivity contribution in [3.05, 3.63) is 53.3 Å². The van der Waals surface area contributed by atoms with Crippen LogP contribution in [0, 0.1) is 0 Å². The molecule has 1 fully saturated rings. The molecule has 0 spiro atoms. The van der Waals surface area contributed by atoms with Gasteiger partial charge in [-0.3, -0.25) is 14.7 Å². The van der Waals surface area contributed by atoms with Crippen molar-refractivity contribution in [2.24, 2.45) is 0 Å². The zero-order valence-corrected chi connectivity index (χ0v) is 14.6. The van der Waals surface area contributed by atoms with E-state index in [1.54, 1.807) is 36.5 Å². The molecule has 2 aromatic rings. The van der Waals surface area contributed by atoms with Crippen LogP contribution in [0.2, 0.25) is 5.02 Å². The first-order valence-corrected chi connectivity index (χ1v) is 8.65. The van der Waals surface area contributed by atoms with Crippen molar-refractivity contribution >= 4 is 28.9 Å². The maximum Gasteiger partial charge on any atom is 0.274 e. The molecule has 0 unspecified atom stereocenters. The molecule has 3 rings (SSSR count). The second-order valence-electron chi connectivity index (χ2n) is 5.77. The van der Waals surface area contributed by atoms with Crippen LogP contribution in [0.25, 0.3) is 0 Å². The smallest absolute Gasteiger partial charge is 0.274 e. The van der Waals surface area contributed by atoms with Gasteiger partial charge < -0.3 is 15.4 Å². The number of nitrogens with zero attached hydrogens (tertiary/aromatic N) is 2. The first kappa shape index (κ1) is 17.7. The van der Waals surface area contributed by atoms with Gasteiger partial charge in [-0.15, -0.1) is 0 Å². The van der Waals surface area contributed by atoms with Crippen LogP contribution >= 0.6 is 11.6 Å². The van der Waals surface area contributed by atoms with E-state index in [0.717, 1.165) is 45.1 Å². The molecule has 1 aromatic carbocycles. The number of halogens is 1. The molecule has 0 saturated carbocycles. The number of carbonyl (C=O) groups excluding carboxylic acids is 1. The molecule has 0 atom stereocenters. The minimum Gasteiger partial charge on any atom is -0.384 e. The highest BCUT2D eigenvalue weighted by Crippen LogP contribution is 2.15. The fourth-order valence-corrected chi connectivity index (χ4v) is 2.70. The zero-order chi connectivity index (χ0) is 17.5. The Morgan fingerprint density at radius 3 is 2.68 bits per heavy atom. The highest BCUT2D eigenvalue weighted by Gasteiger charge is 2.11. The first-order chi connectivity index (χ1) is 12.2. The lowest BCUT2D eigenvalue weighted by Crippen LogP contribution is -2.39. The number of carbonyl (C=O) groups is 1. The number of hydrogen-bond donors (Lipinski definition) is 2. The first-order valence-electron chi connectivity index (χ1n) is 8.28. The van der Waals surface area contributed by atoms with Gasteiger partial charge in [-0.05, 0) is 36.4 Å². The normalized spacial score (nSPS) is 14.9. The lowest BCUT2D eigenvalue weighted by Gasteiger charge is -2.26. The van der Waals surface area contributed by atoms with E-state index in [1.165, 1.54) is 0 Å². The molecule has 0 bridgehead atoms. The zero-order valence-electron chi connectivity index (χ0n) is 13.9. The molecule has 0 radical (unpaired) electrons. The van der Waals surface area contributed by atoms with Gasteiger partial charge in [0.05, 0.1) is 13.2 Å². The van der Waals surface area contributed by atoms with E-state index in [4.69, 9.17) is 16.3 Å². The summed E-state index contributed by atoms with van der Waals surface area (Å²) < 4.78 is 5.34. The van der Waals surface area contributed by atoms with E-state index in [2.05, 4.69) is 20.5 Å². The number of ether oxygens (including phenoxy) is 1. The molecule has 1 aromatic heterocycles. The summed E-state index contributed by atoms with van der Waals surface area (Å²) in [5.74, 6) is -0.251. The molecular weight excluding hydrogens is 340 g/mol. The average Bonchev–Trinajstić information content (AvgIpc) is 2.65. The number of amides is 1. The van der Waals surface area contributed by atoms with E-state index in [1.807, 2.05) is 6.07 Å². The molecule has 132 valence electrons. The highest BCUT2D eigenvalue weighted by molar-refractivity contribution is 6.30. The predicted octanol–water partition coefficient (Wildman–Crippen LogP) is 2.73. The van der Waals surface area contributed by atoms with Crippen molar-refractivity contribution in [1.29, 1.82) is 0 Å². The number of aromatic nitrogens is 1. The molecule has 2 N–H and O–H groups in total. The van der Waals surface area contributed by atoms with Gasteiger partial charge in [0.1, 0.15) is 5.69 Å². The molecule has 0 aliphatic carbocycles. The summed E-state index contributed by atoms with van der Waals surface area (Å²) in [4.78, 5) is 18.8. The van der Waals surface area contributed by atoms with Crippen molar-refractivity contribution in [1.82, 2.24) is 9.88 Å². The number of hydrogen-bond acceptors (Lipinski definition) is 5. The summed E-state index contributed by atoms with van der Waals surface area (Å²) in [6.45, 7) is 5.27. The standard InChI is InChI=1S/C18H21ClN4O2/c19-14-1-3-15(4-2-14)22-18(24)17-13-16(5-6-21-17)20-7-8-23-9-11-25-12-10-23/h1-6,13H,7-12H2,(H,20,21)(H,22,24). The Morgan fingerprint density at radius 1 is 1.16 bits per heavy atom. The lowest BCUT2D eigenvalue weighted by atomic mass is 10.2. The maximum absolute atomic E-state index is 12.3. The second kappa shape index (κ2) is 8.80. The van der Waals surface area contributed by atoms with Gasteiger partial charge in [-0.25, -0.2) is 0 Å². The van der Waals surface area contributed by atoms with Crippen molar-refractivity contribution in [3.63, 3.8) is 0 Å². The largest absolute Gasteiger partial charge is 0.384 e. The van der Waals surface area contributed by atoms with E-state index in [9.17, 15) is 4.79 Å². The molecule has 1 amide bonds. The summed E-state index contributed by atoms with van der Waals surface area (Å²) in [5, 5.41) is 6.78. The fraction of sp³-hybridized carbons (Fsp3) is 0.333. The minimum absolute atomic E-state index is 0.251. The van der Waals surface area contributed by atoms with Crippen molar-refractivity contribution < 1.29 is 9.53 Å². The fourth-order valence-electron chi connectivity index (χ4n) is 2.58. The van der Waals surface area contributed by atoms with E-state index < -0.39 is 0 Å². The average molecular weight is 361 g/mol. The van der Waals surface area contributed by atoms with Gasteiger partial charge in [0, 0.05) is 48.8 Å². The van der Waals surface area contributed by atoms with Crippen LogP contribution in [0.4, 0.5) is 11.4 Å². The molecule has 1 aliphatic heterocycles. The van der Waals surface area contributed by atoms with Gasteiger partial charge in [0.15, 0.2) is 0 Å². The lowest BCUT2D eigenvalue weighted by molar-refractivity contribution is 0.0398. The summed E-state index contributed by atoms with van der Waals surface area (Å²) in [6, 6.07) is 10.6. The SMILES string of the molecule is O=C(Nc1ccc(Cl)cc1)c1cc(NCCN2CCOCC2)ccn1. The molecule has 2 heterocycles. The Balaban J connectivity index is 1.53. The van der Waals surface area contributed by atoms with Crippen LogP contribution in [-0.2, 0) is 4.74 Å². The molecule has 7 heteroatoms. The Bertz CT molecular complexity index is 702. The number of benzene rings is 1. The number of anilines is 2. The van der Waals surface area contributed by atoms with Crippen LogP contribution in [0.15, 0.2) is 42.6 Å². The third-order valence-corrected chi connectivity index (χ3v) is 4.21. The Hall–Kier alpha value is -2.15. The summed E-state index contributed by atoms with van der Waals surface area (Å²) in [7, 11) is 0. The number of rotatable bonds is 6. The van der Waals surface area contributed by atoms with E-state index in [0.29, 0.717) is 16.4 Å². The Labute approximate surface area is 152 Å². The van der Waals surface area contributed by atoms with Crippen LogP contribution in [0.5, 0.6) is 0 Å². The summed E-state index contributed by atoms with van der Waals surface area (Å²) in [6.07, 6.45) is 1.63. The minimum atomic E-state index is -0.251. The van der Waals surface area contributed by atoms with Crippen molar-refractivity contribution in [2.75, 3.05) is 50.0 Å². The van der Waals surface area contributed by atoms with Crippen LogP contribution in [0.1, 0.15) is 10.5 Å². The Kier molecular flexibility index (Phi) is 6.22. The van der Waals surface area contributed by atoms with Gasteiger partial charge >= 0.3 is 0 Å². The highest BCUT2D eigenvalue weighted by atomic mass is 35.5. The summed E-state index contributed by atoms with van der Waals surface area (Å²) in [5.41, 5.74) is 1.93. The Morgan fingerprint density at radius 2 is 1.92 bits per heavy atom. The third-order valence-electron chi connectivity index (χ3n) is 3.96.